The molecule has 3 aromatic rings. The van der Waals surface area contributed by atoms with Crippen molar-refractivity contribution in [1.29, 1.82) is 0 Å². The van der Waals surface area contributed by atoms with Gasteiger partial charge in [0, 0.05) is 46.6 Å². The summed E-state index contributed by atoms with van der Waals surface area (Å²) in [6.45, 7) is 0.268. The van der Waals surface area contributed by atoms with E-state index in [1.165, 1.54) is 0 Å². The number of amides is 4. The van der Waals surface area contributed by atoms with E-state index in [9.17, 15) is 19.2 Å². The summed E-state index contributed by atoms with van der Waals surface area (Å²) in [5.41, 5.74) is 3.49. The lowest BCUT2D eigenvalue weighted by Gasteiger charge is -2.11. The molecule has 0 atom stereocenters. The molecule has 188 valence electrons. The van der Waals surface area contributed by atoms with Gasteiger partial charge in [-0.2, -0.15) is 0 Å². The molecular formula is C29H28N4O4. The third-order valence-electron chi connectivity index (χ3n) is 6.32. The van der Waals surface area contributed by atoms with Gasteiger partial charge < -0.3 is 21.3 Å². The van der Waals surface area contributed by atoms with Crippen LogP contribution >= 0.6 is 0 Å². The lowest BCUT2D eigenvalue weighted by atomic mass is 10.1. The first-order chi connectivity index (χ1) is 17.9. The third-order valence-corrected chi connectivity index (χ3v) is 6.32. The van der Waals surface area contributed by atoms with Gasteiger partial charge in [0.2, 0.25) is 11.8 Å². The number of carbonyl (C=O) groups is 4. The Bertz CT molecular complexity index is 1360. The number of nitrogens with one attached hydrogen (secondary N) is 4. The highest BCUT2D eigenvalue weighted by Gasteiger charge is 2.30. The molecule has 0 radical (unpaired) electrons. The molecule has 8 heteroatoms. The summed E-state index contributed by atoms with van der Waals surface area (Å²) in [6, 6.07) is 20.9. The smallest absolute Gasteiger partial charge is 0.255 e. The zero-order chi connectivity index (χ0) is 25.8. The van der Waals surface area contributed by atoms with Gasteiger partial charge in [0.05, 0.1) is 0 Å². The molecule has 2 aliphatic rings. The molecule has 8 nitrogen and oxygen atoms in total. The van der Waals surface area contributed by atoms with Crippen molar-refractivity contribution >= 4 is 40.7 Å². The van der Waals surface area contributed by atoms with E-state index in [2.05, 4.69) is 21.3 Å². The second-order valence-electron chi connectivity index (χ2n) is 9.53. The fraction of sp³-hybridized carbons (Fsp3) is 0.241. The molecule has 0 saturated heterocycles. The second kappa shape index (κ2) is 10.7. The van der Waals surface area contributed by atoms with Crippen molar-refractivity contribution in [2.45, 2.75) is 32.2 Å². The van der Waals surface area contributed by atoms with Crippen LogP contribution in [0.4, 0.5) is 17.1 Å². The van der Waals surface area contributed by atoms with Gasteiger partial charge >= 0.3 is 0 Å². The minimum Gasteiger partial charge on any atom is -0.348 e. The van der Waals surface area contributed by atoms with Crippen molar-refractivity contribution in [3.8, 4) is 0 Å². The molecule has 2 aliphatic carbocycles. The number of benzene rings is 3. The third kappa shape index (κ3) is 6.61. The van der Waals surface area contributed by atoms with Crippen molar-refractivity contribution in [2.75, 3.05) is 16.0 Å². The first-order valence-electron chi connectivity index (χ1n) is 12.4. The molecule has 5 rings (SSSR count). The minimum absolute atomic E-state index is 0.00819. The van der Waals surface area contributed by atoms with Gasteiger partial charge in [0.15, 0.2) is 0 Å². The molecule has 37 heavy (non-hydrogen) atoms. The minimum atomic E-state index is -0.297. The monoisotopic (exact) mass is 496 g/mol. The Morgan fingerprint density at radius 1 is 0.595 bits per heavy atom. The maximum Gasteiger partial charge on any atom is 0.255 e. The molecular weight excluding hydrogens is 468 g/mol. The number of carbonyl (C=O) groups excluding carboxylic acids is 4. The van der Waals surface area contributed by atoms with Gasteiger partial charge in [0.25, 0.3) is 11.8 Å². The van der Waals surface area contributed by atoms with Crippen molar-refractivity contribution in [3.05, 3.63) is 89.5 Å². The average molecular weight is 497 g/mol. The first-order valence-corrected chi connectivity index (χ1v) is 12.4. The Balaban J connectivity index is 1.16. The molecule has 4 N–H and O–H groups in total. The summed E-state index contributed by atoms with van der Waals surface area (Å²) in [6.07, 6.45) is 3.65. The largest absolute Gasteiger partial charge is 0.348 e. The topological polar surface area (TPSA) is 116 Å². The van der Waals surface area contributed by atoms with Crippen LogP contribution in [-0.4, -0.2) is 23.6 Å². The van der Waals surface area contributed by atoms with Gasteiger partial charge in [-0.25, -0.2) is 0 Å². The highest BCUT2D eigenvalue weighted by molar-refractivity contribution is 6.05. The maximum atomic E-state index is 12.8. The van der Waals surface area contributed by atoms with E-state index >= 15 is 0 Å². The zero-order valence-corrected chi connectivity index (χ0v) is 20.3. The standard InChI is InChI=1S/C29H28N4O4/c34-26(21-5-2-8-24(15-21)32-27(35)19-10-11-19)30-17-18-4-1-7-23(14-18)31-29(37)22-6-3-9-25(16-22)33-28(36)20-12-13-20/h1-9,14-16,19-20H,10-13,17H2,(H,30,34)(H,31,37)(H,32,35)(H,33,36). The van der Waals surface area contributed by atoms with E-state index in [-0.39, 0.29) is 42.0 Å². The van der Waals surface area contributed by atoms with Gasteiger partial charge in [-0.3, -0.25) is 19.2 Å². The molecule has 0 unspecified atom stereocenters. The van der Waals surface area contributed by atoms with Crippen molar-refractivity contribution in [3.63, 3.8) is 0 Å². The summed E-state index contributed by atoms with van der Waals surface area (Å²) >= 11 is 0. The summed E-state index contributed by atoms with van der Waals surface area (Å²) in [7, 11) is 0. The molecule has 0 aromatic heterocycles. The fourth-order valence-electron chi connectivity index (χ4n) is 3.90. The Hall–Kier alpha value is -4.46. The van der Waals surface area contributed by atoms with Gasteiger partial charge in [-0.05, 0) is 79.8 Å². The van der Waals surface area contributed by atoms with E-state index in [0.717, 1.165) is 31.2 Å². The van der Waals surface area contributed by atoms with Crippen LogP contribution < -0.4 is 21.3 Å². The Labute approximate surface area is 214 Å². The van der Waals surface area contributed by atoms with Crippen LogP contribution in [0.15, 0.2) is 72.8 Å². The van der Waals surface area contributed by atoms with Crippen LogP contribution in [0.25, 0.3) is 0 Å². The van der Waals surface area contributed by atoms with Gasteiger partial charge in [-0.15, -0.1) is 0 Å². The van der Waals surface area contributed by atoms with E-state index in [0.29, 0.717) is 28.2 Å². The maximum absolute atomic E-state index is 12.8. The van der Waals surface area contributed by atoms with Crippen LogP contribution in [0.5, 0.6) is 0 Å². The van der Waals surface area contributed by atoms with E-state index in [1.807, 2.05) is 6.07 Å². The number of anilines is 3. The first kappa shape index (κ1) is 24.2. The van der Waals surface area contributed by atoms with Crippen LogP contribution in [0, 0.1) is 11.8 Å². The second-order valence-corrected chi connectivity index (χ2v) is 9.53. The predicted molar refractivity (Wildman–Crippen MR) is 141 cm³/mol. The van der Waals surface area contributed by atoms with Crippen LogP contribution in [0.1, 0.15) is 52.0 Å². The highest BCUT2D eigenvalue weighted by Crippen LogP contribution is 2.31. The molecule has 4 amide bonds. The van der Waals surface area contributed by atoms with Gasteiger partial charge in [0.1, 0.15) is 0 Å². The molecule has 0 spiro atoms. The Morgan fingerprint density at radius 3 is 1.62 bits per heavy atom. The summed E-state index contributed by atoms with van der Waals surface area (Å²) in [5, 5.41) is 11.5. The molecule has 0 aliphatic heterocycles. The normalized spacial score (nSPS) is 14.4. The summed E-state index contributed by atoms with van der Waals surface area (Å²) in [5.74, 6) is -0.413. The summed E-state index contributed by atoms with van der Waals surface area (Å²) < 4.78 is 0. The molecule has 2 saturated carbocycles. The van der Waals surface area contributed by atoms with Crippen molar-refractivity contribution in [1.82, 2.24) is 5.32 Å². The van der Waals surface area contributed by atoms with Crippen LogP contribution in [-0.2, 0) is 16.1 Å². The lowest BCUT2D eigenvalue weighted by molar-refractivity contribution is -0.118. The zero-order valence-electron chi connectivity index (χ0n) is 20.3. The van der Waals surface area contributed by atoms with Crippen LogP contribution in [0.2, 0.25) is 0 Å². The summed E-state index contributed by atoms with van der Waals surface area (Å²) in [4.78, 5) is 49.5. The lowest BCUT2D eigenvalue weighted by Crippen LogP contribution is -2.23. The Morgan fingerprint density at radius 2 is 1.08 bits per heavy atom. The average Bonchev–Trinajstić information content (AvgIpc) is 3.81. The van der Waals surface area contributed by atoms with Crippen molar-refractivity contribution < 1.29 is 19.2 Å². The molecule has 0 bridgehead atoms. The van der Waals surface area contributed by atoms with Crippen molar-refractivity contribution in [2.24, 2.45) is 11.8 Å². The Kier molecular flexibility index (Phi) is 6.98. The predicted octanol–water partition coefficient (Wildman–Crippen LogP) is 4.57. The van der Waals surface area contributed by atoms with Crippen LogP contribution in [0.3, 0.4) is 0 Å². The van der Waals surface area contributed by atoms with E-state index in [1.54, 1.807) is 66.7 Å². The van der Waals surface area contributed by atoms with E-state index in [4.69, 9.17) is 0 Å². The van der Waals surface area contributed by atoms with E-state index < -0.39 is 0 Å². The number of hydrogen-bond acceptors (Lipinski definition) is 4. The molecule has 0 heterocycles. The quantitative estimate of drug-likeness (QED) is 0.347. The van der Waals surface area contributed by atoms with Gasteiger partial charge in [-0.1, -0.05) is 24.3 Å². The fourth-order valence-corrected chi connectivity index (χ4v) is 3.90. The number of hydrogen-bond donors (Lipinski definition) is 4. The molecule has 3 aromatic carbocycles. The SMILES string of the molecule is O=C(NCc1cccc(NC(=O)c2cccc(NC(=O)C3CC3)c2)c1)c1cccc(NC(=O)C2CC2)c1. The number of rotatable bonds is 9. The molecule has 2 fully saturated rings. The highest BCUT2D eigenvalue weighted by atomic mass is 16.2.